The largest absolute Gasteiger partial charge is 0.490 e. The zero-order valence-electron chi connectivity index (χ0n) is 55.5. The molecule has 504 valence electrons. The van der Waals surface area contributed by atoms with Gasteiger partial charge in [0.25, 0.3) is 0 Å². The van der Waals surface area contributed by atoms with Crippen LogP contribution < -0.4 is 14.2 Å². The molecule has 0 fully saturated rings. The van der Waals surface area contributed by atoms with Crippen molar-refractivity contribution in [1.29, 1.82) is 0 Å². The van der Waals surface area contributed by atoms with Crippen LogP contribution in [0.25, 0.3) is 6.08 Å². The second-order valence-corrected chi connectivity index (χ2v) is 23.2. The van der Waals surface area contributed by atoms with E-state index < -0.39 is 0 Å². The number of hydrogen-bond donors (Lipinski definition) is 1. The van der Waals surface area contributed by atoms with E-state index in [0.717, 1.165) is 173 Å². The zero-order valence-corrected chi connectivity index (χ0v) is 55.5. The summed E-state index contributed by atoms with van der Waals surface area (Å²) < 4.78 is 63.7. The van der Waals surface area contributed by atoms with Crippen molar-refractivity contribution in [3.05, 3.63) is 24.3 Å². The first-order valence-corrected chi connectivity index (χ1v) is 35.3. The Hall–Kier alpha value is -3.02. The molecule has 0 saturated heterocycles. The van der Waals surface area contributed by atoms with Gasteiger partial charge in [-0.3, -0.25) is 14.8 Å². The Morgan fingerprint density at radius 2 is 0.663 bits per heavy atom. The second-order valence-electron chi connectivity index (χ2n) is 23.2. The minimum absolute atomic E-state index is 0.142. The maximum atomic E-state index is 12.2. The number of rotatable bonds is 71. The van der Waals surface area contributed by atoms with Crippen LogP contribution in [-0.4, -0.2) is 136 Å². The van der Waals surface area contributed by atoms with E-state index in [1.165, 1.54) is 89.9 Å². The predicted molar refractivity (Wildman–Crippen MR) is 349 cm³/mol. The summed E-state index contributed by atoms with van der Waals surface area (Å²) in [5, 5.41) is 9.41. The number of ether oxygens (including phenoxy) is 11. The molecule has 0 heterocycles. The Bertz CT molecular complexity index is 1600. The van der Waals surface area contributed by atoms with Crippen molar-refractivity contribution < 1.29 is 71.8 Å². The van der Waals surface area contributed by atoms with Gasteiger partial charge in [0.15, 0.2) is 11.5 Å². The molecule has 1 aromatic carbocycles. The average Bonchev–Trinajstić information content (AvgIpc) is 3.26. The lowest BCUT2D eigenvalue weighted by atomic mass is 10.0. The number of unbranched alkanes of at least 4 members (excludes halogenated alkanes) is 30. The van der Waals surface area contributed by atoms with Gasteiger partial charge in [-0.25, -0.2) is 4.89 Å². The lowest BCUT2D eigenvalue weighted by Crippen LogP contribution is -2.15. The Morgan fingerprint density at radius 1 is 0.360 bits per heavy atom. The van der Waals surface area contributed by atoms with Gasteiger partial charge in [-0.15, -0.1) is 0 Å². The summed E-state index contributed by atoms with van der Waals surface area (Å²) in [7, 11) is 0. The van der Waals surface area contributed by atoms with Gasteiger partial charge in [0, 0.05) is 45.7 Å². The van der Waals surface area contributed by atoms with Gasteiger partial charge >= 0.3 is 11.9 Å². The molecular weight excluding hydrogens is 1090 g/mol. The number of carbonyl (C=O) groups excluding carboxylic acids is 2. The Labute approximate surface area is 525 Å². The van der Waals surface area contributed by atoms with Crippen LogP contribution in [0.3, 0.4) is 0 Å². The predicted octanol–water partition coefficient (Wildman–Crippen LogP) is 18.2. The highest BCUT2D eigenvalue weighted by atomic mass is 17.1. The van der Waals surface area contributed by atoms with Gasteiger partial charge in [-0.1, -0.05) is 213 Å². The van der Waals surface area contributed by atoms with Crippen LogP contribution in [0.5, 0.6) is 17.2 Å². The quantitative estimate of drug-likeness (QED) is 0.0283. The molecule has 1 unspecified atom stereocenters. The van der Waals surface area contributed by atoms with Crippen molar-refractivity contribution in [3.63, 3.8) is 0 Å². The van der Waals surface area contributed by atoms with Crippen LogP contribution in [0.1, 0.15) is 283 Å². The molecule has 1 N–H and O–H groups in total. The van der Waals surface area contributed by atoms with Crippen LogP contribution in [0, 0.1) is 0 Å². The fraction of sp³-hybridized carbons (Fsp3) is 0.859. The van der Waals surface area contributed by atoms with Crippen molar-refractivity contribution in [2.75, 3.05) is 112 Å². The molecule has 0 bridgehead atoms. The summed E-state index contributed by atoms with van der Waals surface area (Å²) in [6, 6.07) is 4.05. The van der Waals surface area contributed by atoms with E-state index in [-0.39, 0.29) is 18.0 Å². The molecule has 86 heavy (non-hydrogen) atoms. The number of benzene rings is 1. The summed E-state index contributed by atoms with van der Waals surface area (Å²) in [5.74, 6) is 1.83. The molecule has 0 aromatic heterocycles. The second kappa shape index (κ2) is 66.4. The van der Waals surface area contributed by atoms with Crippen LogP contribution in [-0.2, 0) is 52.4 Å². The number of esters is 2. The molecular formula is C71H130O15. The Kier molecular flexibility index (Phi) is 62.5. The standard InChI is InChI=1S/C71H130O15/c1-5-9-12-36-46-75-53-56-78-52-45-66(86-74)42-33-27-21-15-18-24-30-39-49-81-67-63-65(8-4)64-68(82-50-40-31-25-19-16-22-28-34-43-69(72)83-61-59-79-57-54-76-47-37-13-10-6-2)71(67)85-51-41-32-26-20-17-23-29-35-44-70(73)84-62-60-80-58-55-77-48-38-14-11-7-3/h8,63-64,66,74H,4-7,9-62H2,1-3H3. The lowest BCUT2D eigenvalue weighted by Gasteiger charge is -2.18. The van der Waals surface area contributed by atoms with Crippen LogP contribution >= 0.6 is 0 Å². The van der Waals surface area contributed by atoms with E-state index in [4.69, 9.17) is 57.0 Å². The van der Waals surface area contributed by atoms with Crippen molar-refractivity contribution in [1.82, 2.24) is 0 Å². The first-order valence-electron chi connectivity index (χ1n) is 35.3. The van der Waals surface area contributed by atoms with E-state index in [1.807, 2.05) is 18.2 Å². The maximum absolute atomic E-state index is 12.2. The van der Waals surface area contributed by atoms with Gasteiger partial charge in [-0.05, 0) is 75.5 Å². The third-order valence-electron chi connectivity index (χ3n) is 15.3. The molecule has 0 aliphatic heterocycles. The van der Waals surface area contributed by atoms with E-state index in [2.05, 4.69) is 27.4 Å². The van der Waals surface area contributed by atoms with Gasteiger partial charge in [-0.2, -0.15) is 0 Å². The molecule has 1 atom stereocenters. The van der Waals surface area contributed by atoms with Crippen molar-refractivity contribution in [3.8, 4) is 17.2 Å². The Morgan fingerprint density at radius 3 is 1.03 bits per heavy atom. The minimum Gasteiger partial charge on any atom is -0.490 e. The average molecular weight is 1220 g/mol. The molecule has 15 nitrogen and oxygen atoms in total. The topological polar surface area (TPSA) is 165 Å². The first-order chi connectivity index (χ1) is 42.5. The van der Waals surface area contributed by atoms with E-state index >= 15 is 0 Å². The molecule has 1 rings (SSSR count). The van der Waals surface area contributed by atoms with Crippen molar-refractivity contribution in [2.45, 2.75) is 284 Å². The summed E-state index contributed by atoms with van der Waals surface area (Å²) >= 11 is 0. The van der Waals surface area contributed by atoms with Gasteiger partial charge < -0.3 is 52.1 Å². The zero-order chi connectivity index (χ0) is 62.0. The van der Waals surface area contributed by atoms with Gasteiger partial charge in [0.05, 0.1) is 78.8 Å². The summed E-state index contributed by atoms with van der Waals surface area (Å²) in [4.78, 5) is 29.1. The maximum Gasteiger partial charge on any atom is 0.305 e. The molecule has 0 spiro atoms. The fourth-order valence-corrected chi connectivity index (χ4v) is 9.91. The summed E-state index contributed by atoms with van der Waals surface area (Å²) in [6.07, 6.45) is 44.5. The highest BCUT2D eigenvalue weighted by Gasteiger charge is 2.16. The highest BCUT2D eigenvalue weighted by Crippen LogP contribution is 2.40. The number of hydrogen-bond acceptors (Lipinski definition) is 15. The van der Waals surface area contributed by atoms with Crippen LogP contribution in [0.15, 0.2) is 18.7 Å². The molecule has 0 aliphatic carbocycles. The molecule has 0 aliphatic rings. The SMILES string of the molecule is C=Cc1cc(OCCCCCCCCCCC(=O)OCCOCCOCCCCCC)c(OCCCCCCCCCCC(=O)OCCOCCOCCCCCC)c(OCCCCCCCCCCC(CCOCCOCCCCCC)OO)c1. The summed E-state index contributed by atoms with van der Waals surface area (Å²) in [6.45, 7) is 20.3. The van der Waals surface area contributed by atoms with Crippen LogP contribution in [0.4, 0.5) is 0 Å². The molecule has 0 radical (unpaired) electrons. The lowest BCUT2D eigenvalue weighted by molar-refractivity contribution is -0.282. The fourth-order valence-electron chi connectivity index (χ4n) is 9.91. The van der Waals surface area contributed by atoms with E-state index in [0.29, 0.717) is 129 Å². The molecule has 1 aromatic rings. The normalized spacial score (nSPS) is 11.8. The molecule has 0 saturated carbocycles. The van der Waals surface area contributed by atoms with Gasteiger partial charge in [0.2, 0.25) is 5.75 Å². The minimum atomic E-state index is -0.180. The van der Waals surface area contributed by atoms with Crippen LogP contribution in [0.2, 0.25) is 0 Å². The summed E-state index contributed by atoms with van der Waals surface area (Å²) in [5.41, 5.74) is 0.945. The molecule has 0 amide bonds. The van der Waals surface area contributed by atoms with Crippen molar-refractivity contribution >= 4 is 18.0 Å². The van der Waals surface area contributed by atoms with E-state index in [9.17, 15) is 14.8 Å². The molecule has 15 heteroatoms. The third-order valence-corrected chi connectivity index (χ3v) is 15.3. The van der Waals surface area contributed by atoms with Gasteiger partial charge in [0.1, 0.15) is 13.2 Å². The first kappa shape index (κ1) is 81.0. The smallest absolute Gasteiger partial charge is 0.305 e. The highest BCUT2D eigenvalue weighted by molar-refractivity contribution is 5.69. The van der Waals surface area contributed by atoms with E-state index in [1.54, 1.807) is 0 Å². The number of carbonyl (C=O) groups is 2. The third kappa shape index (κ3) is 55.1. The monoisotopic (exact) mass is 1220 g/mol. The Balaban J connectivity index is 2.43. The van der Waals surface area contributed by atoms with Crippen molar-refractivity contribution in [2.24, 2.45) is 0 Å².